The summed E-state index contributed by atoms with van der Waals surface area (Å²) >= 11 is 0. The van der Waals surface area contributed by atoms with Crippen LogP contribution < -0.4 is 10.1 Å². The Hall–Kier alpha value is -3.50. The van der Waals surface area contributed by atoms with Crippen molar-refractivity contribution in [2.75, 3.05) is 19.7 Å². The van der Waals surface area contributed by atoms with Gasteiger partial charge in [0.05, 0.1) is 11.2 Å². The number of rotatable bonds is 5. The van der Waals surface area contributed by atoms with Crippen molar-refractivity contribution in [3.05, 3.63) is 53.9 Å². The Morgan fingerprint density at radius 2 is 1.95 bits per heavy atom. The van der Waals surface area contributed by atoms with Gasteiger partial charge in [0, 0.05) is 53.5 Å². The maximum Gasteiger partial charge on any atom is 0.317 e. The number of alkyl halides is 1. The topological polar surface area (TPSA) is 83.4 Å². The van der Waals surface area contributed by atoms with Crippen LogP contribution in [0.5, 0.6) is 11.8 Å². The van der Waals surface area contributed by atoms with E-state index in [-0.39, 0.29) is 46.4 Å². The minimum atomic E-state index is -0.893. The van der Waals surface area contributed by atoms with Gasteiger partial charge in [0.2, 0.25) is 0 Å². The molecular weight excluding hydrogens is 543 g/mol. The van der Waals surface area contributed by atoms with Crippen molar-refractivity contribution in [3.8, 4) is 23.0 Å². The van der Waals surface area contributed by atoms with Gasteiger partial charge in [-0.15, -0.1) is 0 Å². The van der Waals surface area contributed by atoms with Gasteiger partial charge in [-0.1, -0.05) is 12.1 Å². The Morgan fingerprint density at radius 1 is 1.12 bits per heavy atom. The lowest BCUT2D eigenvalue weighted by atomic mass is 9.88. The molecule has 2 aromatic heterocycles. The monoisotopic (exact) mass is 575 g/mol. The van der Waals surface area contributed by atoms with Crippen LogP contribution in [0.4, 0.5) is 13.2 Å². The van der Waals surface area contributed by atoms with Gasteiger partial charge in [0.15, 0.2) is 5.82 Å². The fourth-order valence-corrected chi connectivity index (χ4v) is 8.10. The number of aromatic hydroxyl groups is 1. The number of ether oxygens (including phenoxy) is 1. The van der Waals surface area contributed by atoms with Crippen LogP contribution in [-0.2, 0) is 0 Å². The molecule has 218 valence electrons. The van der Waals surface area contributed by atoms with E-state index in [0.717, 1.165) is 45.1 Å². The third-order valence-corrected chi connectivity index (χ3v) is 9.95. The Bertz CT molecular complexity index is 1710. The van der Waals surface area contributed by atoms with E-state index in [0.29, 0.717) is 41.5 Å². The Labute approximate surface area is 241 Å². The molecule has 4 aliphatic heterocycles. The molecular formula is C32H32F3N5O2. The first-order valence-corrected chi connectivity index (χ1v) is 14.9. The molecule has 0 spiro atoms. The third-order valence-electron chi connectivity index (χ3n) is 9.95. The maximum absolute atomic E-state index is 16.6. The van der Waals surface area contributed by atoms with Gasteiger partial charge in [0.1, 0.15) is 35.6 Å². The summed E-state index contributed by atoms with van der Waals surface area (Å²) in [5.74, 6) is -1.31. The van der Waals surface area contributed by atoms with Crippen LogP contribution in [0.25, 0.3) is 32.9 Å². The van der Waals surface area contributed by atoms with Crippen molar-refractivity contribution in [3.63, 3.8) is 0 Å². The molecule has 1 unspecified atom stereocenters. The highest BCUT2D eigenvalue weighted by Crippen LogP contribution is 2.43. The zero-order valence-corrected chi connectivity index (χ0v) is 23.1. The standard InChI is InChI=1S/C32H32F3N5O2/c33-19-13-32(7-2-8-40(32)15-19)16-42-31-38-28(18-9-20-5-6-21(10-18)37-20)24-14-36-29(27(35)30(24)39-31)23-12-22(41)11-17-3-1-4-25(34)26(17)23/h1,3-4,11-12,14,18-21,37,41H,2,5-10,13,15-16H2/t18?,19-,20-,21+,32+/m1/s1. The number of hydrogen-bond acceptors (Lipinski definition) is 7. The molecule has 4 saturated heterocycles. The van der Waals surface area contributed by atoms with Crippen molar-refractivity contribution < 1.29 is 23.0 Å². The molecule has 0 aliphatic carbocycles. The number of halogens is 3. The molecule has 10 heteroatoms. The number of fused-ring (bicyclic) bond motifs is 5. The number of phenols is 1. The lowest BCUT2D eigenvalue weighted by Crippen LogP contribution is -2.43. The Morgan fingerprint density at radius 3 is 2.79 bits per heavy atom. The molecule has 4 fully saturated rings. The van der Waals surface area contributed by atoms with Crippen LogP contribution in [0, 0.1) is 11.6 Å². The second kappa shape index (κ2) is 9.77. The van der Waals surface area contributed by atoms with Crippen LogP contribution in [-0.4, -0.2) is 68.4 Å². The summed E-state index contributed by atoms with van der Waals surface area (Å²) in [7, 11) is 0. The van der Waals surface area contributed by atoms with E-state index in [9.17, 15) is 9.50 Å². The average molecular weight is 576 g/mol. The number of nitrogens with zero attached hydrogens (tertiary/aromatic N) is 4. The fraction of sp³-hybridized carbons (Fsp3) is 0.469. The minimum absolute atomic E-state index is 0.0503. The van der Waals surface area contributed by atoms with Crippen LogP contribution in [0.15, 0.2) is 36.5 Å². The van der Waals surface area contributed by atoms with Crippen LogP contribution in [0.1, 0.15) is 56.6 Å². The number of pyridine rings is 1. The van der Waals surface area contributed by atoms with Gasteiger partial charge in [-0.25, -0.2) is 13.2 Å². The summed E-state index contributed by atoms with van der Waals surface area (Å²) < 4.78 is 52.2. The van der Waals surface area contributed by atoms with Gasteiger partial charge >= 0.3 is 6.01 Å². The number of nitrogens with one attached hydrogen (secondary N) is 1. The summed E-state index contributed by atoms with van der Waals surface area (Å²) in [4.78, 5) is 16.0. The van der Waals surface area contributed by atoms with Crippen molar-refractivity contribution in [2.45, 2.75) is 74.7 Å². The Balaban J connectivity index is 1.26. The first-order chi connectivity index (χ1) is 20.4. The van der Waals surface area contributed by atoms with E-state index in [1.54, 1.807) is 18.3 Å². The molecule has 0 radical (unpaired) electrons. The number of benzene rings is 2. The van der Waals surface area contributed by atoms with E-state index in [1.165, 1.54) is 18.2 Å². The highest BCUT2D eigenvalue weighted by atomic mass is 19.1. The Kier molecular flexibility index (Phi) is 6.08. The molecule has 2 bridgehead atoms. The summed E-state index contributed by atoms with van der Waals surface area (Å²) in [6, 6.07) is 8.10. The predicted molar refractivity (Wildman–Crippen MR) is 152 cm³/mol. The van der Waals surface area contributed by atoms with E-state index >= 15 is 8.78 Å². The summed E-state index contributed by atoms with van der Waals surface area (Å²) in [6.07, 6.45) is 6.84. The molecule has 4 aliphatic rings. The normalized spacial score (nSPS) is 29.0. The third kappa shape index (κ3) is 4.21. The number of hydrogen-bond donors (Lipinski definition) is 2. The molecule has 6 heterocycles. The molecule has 0 amide bonds. The highest BCUT2D eigenvalue weighted by Gasteiger charge is 2.49. The second-order valence-electron chi connectivity index (χ2n) is 12.6. The molecule has 4 aromatic rings. The van der Waals surface area contributed by atoms with Crippen molar-refractivity contribution in [1.82, 2.24) is 25.2 Å². The molecule has 42 heavy (non-hydrogen) atoms. The molecule has 8 rings (SSSR count). The summed E-state index contributed by atoms with van der Waals surface area (Å²) in [6.45, 7) is 1.48. The molecule has 2 aromatic carbocycles. The van der Waals surface area contributed by atoms with Crippen molar-refractivity contribution in [2.24, 2.45) is 0 Å². The average Bonchev–Trinajstić information content (AvgIpc) is 3.61. The zero-order valence-electron chi connectivity index (χ0n) is 23.1. The predicted octanol–water partition coefficient (Wildman–Crippen LogP) is 5.78. The summed E-state index contributed by atoms with van der Waals surface area (Å²) in [5, 5.41) is 15.2. The van der Waals surface area contributed by atoms with Crippen molar-refractivity contribution in [1.29, 1.82) is 0 Å². The molecule has 2 N–H and O–H groups in total. The minimum Gasteiger partial charge on any atom is -0.508 e. The van der Waals surface area contributed by atoms with Crippen LogP contribution >= 0.6 is 0 Å². The zero-order chi connectivity index (χ0) is 28.6. The number of aromatic nitrogens is 3. The van der Waals surface area contributed by atoms with Crippen molar-refractivity contribution >= 4 is 21.7 Å². The van der Waals surface area contributed by atoms with Crippen LogP contribution in [0.3, 0.4) is 0 Å². The molecule has 0 saturated carbocycles. The number of phenolic OH excluding ortho intramolecular Hbond substituents is 1. The van der Waals surface area contributed by atoms with Gasteiger partial charge in [-0.2, -0.15) is 9.97 Å². The van der Waals surface area contributed by atoms with Gasteiger partial charge in [-0.05, 0) is 68.7 Å². The smallest absolute Gasteiger partial charge is 0.317 e. The van der Waals surface area contributed by atoms with E-state index in [4.69, 9.17) is 9.72 Å². The molecule has 7 nitrogen and oxygen atoms in total. The second-order valence-corrected chi connectivity index (χ2v) is 12.6. The first kappa shape index (κ1) is 26.2. The largest absolute Gasteiger partial charge is 0.508 e. The quantitative estimate of drug-likeness (QED) is 0.312. The van der Waals surface area contributed by atoms with Gasteiger partial charge < -0.3 is 15.2 Å². The molecule has 5 atom stereocenters. The maximum atomic E-state index is 16.6. The van der Waals surface area contributed by atoms with E-state index in [1.807, 2.05) is 0 Å². The van der Waals surface area contributed by atoms with Gasteiger partial charge in [0.25, 0.3) is 0 Å². The summed E-state index contributed by atoms with van der Waals surface area (Å²) in [5.41, 5.74) is 0.394. The van der Waals surface area contributed by atoms with E-state index < -0.39 is 23.3 Å². The van der Waals surface area contributed by atoms with Gasteiger partial charge in [-0.3, -0.25) is 9.88 Å². The first-order valence-electron chi connectivity index (χ1n) is 14.9. The fourth-order valence-electron chi connectivity index (χ4n) is 8.10. The van der Waals surface area contributed by atoms with E-state index in [2.05, 4.69) is 20.2 Å². The highest BCUT2D eigenvalue weighted by molar-refractivity contribution is 5.99. The van der Waals surface area contributed by atoms with Crippen LogP contribution in [0.2, 0.25) is 0 Å². The lowest BCUT2D eigenvalue weighted by molar-refractivity contribution is 0.107. The SMILES string of the molecule is Oc1cc(-c2ncc3c(C4C[C@H]5CC[C@@H](C4)N5)nc(OC[C@@]45CCCN4C[C@H](F)C5)nc3c2F)c2c(F)cccc2c1. The lowest BCUT2D eigenvalue weighted by Gasteiger charge is -2.31. The number of piperidine rings is 1.